The molecule has 3 aliphatic rings. The molecule has 3 fully saturated rings. The molecule has 3 nitrogen and oxygen atoms in total. The van der Waals surface area contributed by atoms with Crippen LogP contribution in [0.15, 0.2) is 35.5 Å². The minimum Gasteiger partial charge on any atom is -0.464 e. The molecule has 0 spiro atoms. The maximum Gasteiger partial charge on any atom is 0.293 e. The molecule has 0 aliphatic heterocycles. The van der Waals surface area contributed by atoms with Crippen molar-refractivity contribution in [2.45, 2.75) is 104 Å². The van der Waals surface area contributed by atoms with E-state index < -0.39 is 0 Å². The number of aliphatic hydroxyl groups excluding tert-OH is 1. The van der Waals surface area contributed by atoms with E-state index in [1.807, 2.05) is 0 Å². The molecule has 3 rings (SSSR count). The Morgan fingerprint density at radius 2 is 2.00 bits per heavy atom. The van der Waals surface area contributed by atoms with Crippen LogP contribution in [0.4, 0.5) is 0 Å². The van der Waals surface area contributed by atoms with E-state index in [0.29, 0.717) is 24.2 Å². The van der Waals surface area contributed by atoms with Gasteiger partial charge in [0.1, 0.15) is 6.10 Å². The van der Waals surface area contributed by atoms with Crippen LogP contribution >= 0.6 is 0 Å². The topological polar surface area (TPSA) is 46.5 Å². The van der Waals surface area contributed by atoms with E-state index >= 15 is 0 Å². The van der Waals surface area contributed by atoms with Crippen LogP contribution in [-0.2, 0) is 9.53 Å². The number of ether oxygens (including phenoxy) is 1. The molecular formula is C28H44O3. The molecule has 3 saturated carbocycles. The molecule has 174 valence electrons. The molecule has 3 heteroatoms. The van der Waals surface area contributed by atoms with Gasteiger partial charge in [0.2, 0.25) is 0 Å². The van der Waals surface area contributed by atoms with Crippen LogP contribution in [0.25, 0.3) is 0 Å². The summed E-state index contributed by atoms with van der Waals surface area (Å²) in [5.74, 6) is 2.20. The summed E-state index contributed by atoms with van der Waals surface area (Å²) in [4.78, 5) is 11.3. The van der Waals surface area contributed by atoms with Gasteiger partial charge in [-0.1, -0.05) is 76.8 Å². The molecule has 0 heterocycles. The van der Waals surface area contributed by atoms with Crippen molar-refractivity contribution in [2.24, 2.45) is 29.1 Å². The molecular weight excluding hydrogens is 384 g/mol. The Labute approximate surface area is 190 Å². The fraction of sp³-hybridized carbons (Fsp3) is 0.750. The first-order valence-corrected chi connectivity index (χ1v) is 12.6. The van der Waals surface area contributed by atoms with Gasteiger partial charge in [-0.05, 0) is 73.7 Å². The number of aliphatic hydroxyl groups is 1. The third-order valence-electron chi connectivity index (χ3n) is 8.53. The summed E-state index contributed by atoms with van der Waals surface area (Å²) in [6.07, 6.45) is 15.0. The SMILES string of the molecule is C=C1CC[C@H](O)C/C1=C\C=C1/CCC[C@@]2(C)[C@@H]([C@H](C)CCCC(C)C)C(OC=O)C[C@@H]12. The monoisotopic (exact) mass is 428 g/mol. The van der Waals surface area contributed by atoms with Gasteiger partial charge in [-0.15, -0.1) is 0 Å². The number of fused-ring (bicyclic) bond motifs is 1. The molecule has 0 aromatic rings. The largest absolute Gasteiger partial charge is 0.464 e. The van der Waals surface area contributed by atoms with Crippen molar-refractivity contribution in [3.05, 3.63) is 35.5 Å². The summed E-state index contributed by atoms with van der Waals surface area (Å²) in [6.45, 7) is 14.3. The average Bonchev–Trinajstić information content (AvgIpc) is 3.01. The summed E-state index contributed by atoms with van der Waals surface area (Å²) in [7, 11) is 0. The molecule has 1 unspecified atom stereocenters. The minimum absolute atomic E-state index is 0.0298. The number of allylic oxidation sites excluding steroid dienone is 4. The second-order valence-corrected chi connectivity index (χ2v) is 11.2. The highest BCUT2D eigenvalue weighted by Crippen LogP contribution is 2.60. The van der Waals surface area contributed by atoms with Crippen molar-refractivity contribution in [1.29, 1.82) is 0 Å². The smallest absolute Gasteiger partial charge is 0.293 e. The molecule has 0 radical (unpaired) electrons. The van der Waals surface area contributed by atoms with Crippen molar-refractivity contribution in [3.8, 4) is 0 Å². The van der Waals surface area contributed by atoms with E-state index in [1.165, 1.54) is 48.8 Å². The summed E-state index contributed by atoms with van der Waals surface area (Å²) in [5.41, 5.74) is 4.07. The van der Waals surface area contributed by atoms with Gasteiger partial charge in [0.05, 0.1) is 6.10 Å². The summed E-state index contributed by atoms with van der Waals surface area (Å²) < 4.78 is 5.72. The van der Waals surface area contributed by atoms with E-state index in [9.17, 15) is 9.90 Å². The first-order valence-electron chi connectivity index (χ1n) is 12.6. The minimum atomic E-state index is -0.236. The van der Waals surface area contributed by atoms with Crippen LogP contribution in [0, 0.1) is 29.1 Å². The van der Waals surface area contributed by atoms with E-state index in [-0.39, 0.29) is 17.6 Å². The standard InChI is InChI=1S/C28H44O3/c1-19(2)8-6-9-21(4)27-26(31-18-29)17-25-22(10-7-15-28(25,27)5)12-13-23-16-24(30)14-11-20(23)3/h12-13,18-19,21,24-27,30H,3,6-11,14-17H2,1-2,4-5H3/b22-12+,23-13+/t21-,24+,25+,26?,27+,28-/m1/s1. The van der Waals surface area contributed by atoms with E-state index in [4.69, 9.17) is 4.74 Å². The second-order valence-electron chi connectivity index (χ2n) is 11.2. The summed E-state index contributed by atoms with van der Waals surface area (Å²) in [6, 6.07) is 0. The van der Waals surface area contributed by atoms with Gasteiger partial charge in [-0.25, -0.2) is 0 Å². The lowest BCUT2D eigenvalue weighted by molar-refractivity contribution is -0.137. The Balaban J connectivity index is 1.81. The molecule has 0 amide bonds. The van der Waals surface area contributed by atoms with Gasteiger partial charge in [0.15, 0.2) is 0 Å². The van der Waals surface area contributed by atoms with Crippen LogP contribution in [0.3, 0.4) is 0 Å². The number of hydrogen-bond acceptors (Lipinski definition) is 3. The zero-order valence-electron chi connectivity index (χ0n) is 20.2. The third-order valence-corrected chi connectivity index (χ3v) is 8.53. The third kappa shape index (κ3) is 5.53. The average molecular weight is 429 g/mol. The van der Waals surface area contributed by atoms with Gasteiger partial charge < -0.3 is 9.84 Å². The van der Waals surface area contributed by atoms with Crippen LogP contribution in [0.1, 0.15) is 91.9 Å². The molecule has 31 heavy (non-hydrogen) atoms. The lowest BCUT2D eigenvalue weighted by atomic mass is 9.60. The lowest BCUT2D eigenvalue weighted by Crippen LogP contribution is -2.39. The number of hydrogen-bond donors (Lipinski definition) is 1. The maximum atomic E-state index is 11.3. The van der Waals surface area contributed by atoms with E-state index in [0.717, 1.165) is 38.0 Å². The van der Waals surface area contributed by atoms with Crippen molar-refractivity contribution in [1.82, 2.24) is 0 Å². The lowest BCUT2D eigenvalue weighted by Gasteiger charge is -2.44. The van der Waals surface area contributed by atoms with Gasteiger partial charge in [-0.2, -0.15) is 0 Å². The second kappa shape index (κ2) is 10.5. The highest BCUT2D eigenvalue weighted by molar-refractivity contribution is 5.39. The summed E-state index contributed by atoms with van der Waals surface area (Å²) in [5, 5.41) is 10.1. The first kappa shape index (κ1) is 24.3. The Morgan fingerprint density at radius 1 is 1.23 bits per heavy atom. The van der Waals surface area contributed by atoms with Gasteiger partial charge in [-0.3, -0.25) is 4.79 Å². The molecule has 1 N–H and O–H groups in total. The molecule has 3 aliphatic carbocycles. The Hall–Kier alpha value is -1.35. The molecule has 6 atom stereocenters. The first-order chi connectivity index (χ1) is 14.8. The zero-order chi connectivity index (χ0) is 22.6. The quantitative estimate of drug-likeness (QED) is 0.434. The number of carbonyl (C=O) groups is 1. The van der Waals surface area contributed by atoms with Gasteiger partial charge in [0.25, 0.3) is 6.47 Å². The van der Waals surface area contributed by atoms with Gasteiger partial charge in [0, 0.05) is 5.92 Å². The van der Waals surface area contributed by atoms with Crippen molar-refractivity contribution < 1.29 is 14.6 Å². The Kier molecular flexibility index (Phi) is 8.24. The maximum absolute atomic E-state index is 11.3. The van der Waals surface area contributed by atoms with E-state index in [1.54, 1.807) is 0 Å². The highest BCUT2D eigenvalue weighted by Gasteiger charge is 2.56. The predicted molar refractivity (Wildman–Crippen MR) is 128 cm³/mol. The highest BCUT2D eigenvalue weighted by atomic mass is 16.5. The molecule has 0 aromatic carbocycles. The normalized spacial score (nSPS) is 37.3. The molecule has 0 bridgehead atoms. The Bertz CT molecular complexity index is 703. The zero-order valence-corrected chi connectivity index (χ0v) is 20.2. The number of rotatable bonds is 8. The van der Waals surface area contributed by atoms with E-state index in [2.05, 4.69) is 46.4 Å². The number of carbonyl (C=O) groups excluding carboxylic acids is 1. The van der Waals surface area contributed by atoms with Crippen LogP contribution < -0.4 is 0 Å². The van der Waals surface area contributed by atoms with Crippen LogP contribution in [0.5, 0.6) is 0 Å². The summed E-state index contributed by atoms with van der Waals surface area (Å²) >= 11 is 0. The predicted octanol–water partition coefficient (Wildman–Crippen LogP) is 6.77. The van der Waals surface area contributed by atoms with Crippen molar-refractivity contribution >= 4 is 6.47 Å². The van der Waals surface area contributed by atoms with Crippen molar-refractivity contribution in [3.63, 3.8) is 0 Å². The van der Waals surface area contributed by atoms with Gasteiger partial charge >= 0.3 is 0 Å². The Morgan fingerprint density at radius 3 is 2.71 bits per heavy atom. The fourth-order valence-corrected chi connectivity index (χ4v) is 6.92. The van der Waals surface area contributed by atoms with Crippen LogP contribution in [-0.4, -0.2) is 23.8 Å². The molecule has 0 saturated heterocycles. The fourth-order valence-electron chi connectivity index (χ4n) is 6.92. The van der Waals surface area contributed by atoms with Crippen molar-refractivity contribution in [2.75, 3.05) is 0 Å². The molecule has 0 aromatic heterocycles. The van der Waals surface area contributed by atoms with Crippen LogP contribution in [0.2, 0.25) is 0 Å².